The topological polar surface area (TPSA) is 98.7 Å². The number of hydrogen-bond donors (Lipinski definition) is 3. The van der Waals surface area contributed by atoms with Gasteiger partial charge in [-0.3, -0.25) is 4.79 Å². The van der Waals surface area contributed by atoms with Crippen LogP contribution in [0.15, 0.2) is 0 Å². The Bertz CT molecular complexity index is 330. The van der Waals surface area contributed by atoms with Crippen LogP contribution >= 0.6 is 0 Å². The number of piperazine rings is 1. The van der Waals surface area contributed by atoms with Crippen molar-refractivity contribution in [2.24, 2.45) is 5.92 Å². The standard InChI is InChI=1S/C10H17N3O4/c1-6(2)8(9(15)16)12-10(17)13-4-3-11-7(14)5-13/h6,8H,3-5H2,1-2H3,(H,11,14)(H,12,17)(H,15,16). The average molecular weight is 243 g/mol. The number of carboxylic acid groups (broad SMARTS) is 1. The van der Waals surface area contributed by atoms with Crippen molar-refractivity contribution in [1.82, 2.24) is 15.5 Å². The third-order valence-electron chi connectivity index (χ3n) is 2.54. The lowest BCUT2D eigenvalue weighted by Gasteiger charge is -2.29. The second-order valence-corrected chi connectivity index (χ2v) is 4.28. The van der Waals surface area contributed by atoms with Crippen LogP contribution < -0.4 is 10.6 Å². The Kier molecular flexibility index (Phi) is 4.30. The highest BCUT2D eigenvalue weighted by molar-refractivity contribution is 5.87. The molecule has 1 fully saturated rings. The molecule has 1 saturated heterocycles. The van der Waals surface area contributed by atoms with Gasteiger partial charge >= 0.3 is 12.0 Å². The summed E-state index contributed by atoms with van der Waals surface area (Å²) in [6.45, 7) is 4.17. The SMILES string of the molecule is CC(C)C(NC(=O)N1CCNC(=O)C1)C(=O)O. The molecule has 0 aliphatic carbocycles. The Morgan fingerprint density at radius 2 is 2.12 bits per heavy atom. The summed E-state index contributed by atoms with van der Waals surface area (Å²) in [5.41, 5.74) is 0. The summed E-state index contributed by atoms with van der Waals surface area (Å²) in [6.07, 6.45) is 0. The highest BCUT2D eigenvalue weighted by Gasteiger charge is 2.27. The van der Waals surface area contributed by atoms with Gasteiger partial charge in [-0.25, -0.2) is 9.59 Å². The van der Waals surface area contributed by atoms with Crippen LogP contribution in [0.3, 0.4) is 0 Å². The maximum absolute atomic E-state index is 11.7. The number of nitrogens with one attached hydrogen (secondary N) is 2. The summed E-state index contributed by atoms with van der Waals surface area (Å²) in [4.78, 5) is 35.0. The normalized spacial score (nSPS) is 17.6. The maximum Gasteiger partial charge on any atom is 0.326 e. The summed E-state index contributed by atoms with van der Waals surface area (Å²) in [5.74, 6) is -1.52. The second kappa shape index (κ2) is 5.51. The molecule has 1 aliphatic rings. The van der Waals surface area contributed by atoms with Crippen LogP contribution in [0.5, 0.6) is 0 Å². The zero-order valence-corrected chi connectivity index (χ0v) is 9.90. The molecule has 3 amide bonds. The first-order valence-electron chi connectivity index (χ1n) is 5.46. The van der Waals surface area contributed by atoms with Crippen molar-refractivity contribution in [3.8, 4) is 0 Å². The van der Waals surface area contributed by atoms with E-state index < -0.39 is 18.0 Å². The van der Waals surface area contributed by atoms with Crippen LogP contribution in [0.25, 0.3) is 0 Å². The summed E-state index contributed by atoms with van der Waals surface area (Å²) in [6, 6.07) is -1.45. The van der Waals surface area contributed by atoms with Gasteiger partial charge in [0, 0.05) is 13.1 Å². The van der Waals surface area contributed by atoms with E-state index in [9.17, 15) is 14.4 Å². The number of rotatable bonds is 3. The highest BCUT2D eigenvalue weighted by atomic mass is 16.4. The molecule has 0 saturated carbocycles. The van der Waals surface area contributed by atoms with E-state index in [0.717, 1.165) is 0 Å². The van der Waals surface area contributed by atoms with Crippen molar-refractivity contribution in [3.63, 3.8) is 0 Å². The van der Waals surface area contributed by atoms with Gasteiger partial charge in [-0.15, -0.1) is 0 Å². The van der Waals surface area contributed by atoms with Crippen LogP contribution in [0.1, 0.15) is 13.8 Å². The molecule has 0 bridgehead atoms. The van der Waals surface area contributed by atoms with Gasteiger partial charge < -0.3 is 20.6 Å². The smallest absolute Gasteiger partial charge is 0.326 e. The summed E-state index contributed by atoms with van der Waals surface area (Å²) in [5, 5.41) is 13.9. The molecule has 17 heavy (non-hydrogen) atoms. The minimum absolute atomic E-state index is 0.0315. The first-order chi connectivity index (χ1) is 7.91. The molecule has 0 aromatic rings. The Hall–Kier alpha value is -1.79. The Labute approximate surface area is 99.2 Å². The van der Waals surface area contributed by atoms with Crippen molar-refractivity contribution < 1.29 is 19.5 Å². The van der Waals surface area contributed by atoms with Crippen LogP contribution in [0.2, 0.25) is 0 Å². The molecular formula is C10H17N3O4. The summed E-state index contributed by atoms with van der Waals surface area (Å²) >= 11 is 0. The molecule has 0 radical (unpaired) electrons. The van der Waals surface area contributed by atoms with E-state index in [2.05, 4.69) is 10.6 Å². The Balaban J connectivity index is 2.57. The fraction of sp³-hybridized carbons (Fsp3) is 0.700. The van der Waals surface area contributed by atoms with Gasteiger partial charge in [0.15, 0.2) is 0 Å². The lowest BCUT2D eigenvalue weighted by molar-refractivity contribution is -0.140. The van der Waals surface area contributed by atoms with Crippen molar-refractivity contribution in [2.75, 3.05) is 19.6 Å². The fourth-order valence-electron chi connectivity index (χ4n) is 1.55. The van der Waals surface area contributed by atoms with Gasteiger partial charge in [0.1, 0.15) is 12.6 Å². The zero-order valence-electron chi connectivity index (χ0n) is 9.90. The van der Waals surface area contributed by atoms with E-state index in [1.807, 2.05) is 0 Å². The molecule has 7 nitrogen and oxygen atoms in total. The number of nitrogens with zero attached hydrogens (tertiary/aromatic N) is 1. The third-order valence-corrected chi connectivity index (χ3v) is 2.54. The molecule has 1 atom stereocenters. The van der Waals surface area contributed by atoms with Crippen LogP contribution in [0.4, 0.5) is 4.79 Å². The van der Waals surface area contributed by atoms with Gasteiger partial charge in [-0.2, -0.15) is 0 Å². The fourth-order valence-corrected chi connectivity index (χ4v) is 1.55. The van der Waals surface area contributed by atoms with Crippen LogP contribution in [-0.4, -0.2) is 53.6 Å². The van der Waals surface area contributed by atoms with Crippen LogP contribution in [0, 0.1) is 5.92 Å². The van der Waals surface area contributed by atoms with Gasteiger partial charge in [-0.05, 0) is 5.92 Å². The molecule has 0 spiro atoms. The van der Waals surface area contributed by atoms with Gasteiger partial charge in [0.2, 0.25) is 5.91 Å². The molecule has 96 valence electrons. The van der Waals surface area contributed by atoms with Crippen molar-refractivity contribution in [3.05, 3.63) is 0 Å². The van der Waals surface area contributed by atoms with E-state index in [-0.39, 0.29) is 18.4 Å². The zero-order chi connectivity index (χ0) is 13.0. The molecule has 1 aliphatic heterocycles. The van der Waals surface area contributed by atoms with E-state index in [0.29, 0.717) is 13.1 Å². The number of carbonyl (C=O) groups is 3. The van der Waals surface area contributed by atoms with E-state index in [4.69, 9.17) is 5.11 Å². The van der Waals surface area contributed by atoms with Crippen molar-refractivity contribution in [2.45, 2.75) is 19.9 Å². The quantitative estimate of drug-likeness (QED) is 0.606. The van der Waals surface area contributed by atoms with Gasteiger partial charge in [-0.1, -0.05) is 13.8 Å². The van der Waals surface area contributed by atoms with E-state index in [1.165, 1.54) is 4.90 Å². The minimum atomic E-state index is -1.07. The predicted molar refractivity (Wildman–Crippen MR) is 59.4 cm³/mol. The summed E-state index contributed by atoms with van der Waals surface area (Å²) < 4.78 is 0. The predicted octanol–water partition coefficient (Wildman–Crippen LogP) is -0.763. The maximum atomic E-state index is 11.7. The molecule has 0 aromatic heterocycles. The highest BCUT2D eigenvalue weighted by Crippen LogP contribution is 2.03. The van der Waals surface area contributed by atoms with Gasteiger partial charge in [0.25, 0.3) is 0 Å². The van der Waals surface area contributed by atoms with Gasteiger partial charge in [0.05, 0.1) is 0 Å². The minimum Gasteiger partial charge on any atom is -0.480 e. The number of amides is 3. The van der Waals surface area contributed by atoms with Crippen molar-refractivity contribution in [1.29, 1.82) is 0 Å². The molecule has 1 unspecified atom stereocenters. The first kappa shape index (κ1) is 13.3. The first-order valence-corrected chi connectivity index (χ1v) is 5.46. The molecule has 3 N–H and O–H groups in total. The van der Waals surface area contributed by atoms with Crippen molar-refractivity contribution >= 4 is 17.9 Å². The van der Waals surface area contributed by atoms with Crippen LogP contribution in [-0.2, 0) is 9.59 Å². The van der Waals surface area contributed by atoms with E-state index in [1.54, 1.807) is 13.8 Å². The number of hydrogen-bond acceptors (Lipinski definition) is 3. The molecular weight excluding hydrogens is 226 g/mol. The number of aliphatic carboxylic acids is 1. The van der Waals surface area contributed by atoms with E-state index >= 15 is 0 Å². The molecule has 1 heterocycles. The second-order valence-electron chi connectivity index (χ2n) is 4.28. The Morgan fingerprint density at radius 1 is 1.47 bits per heavy atom. The largest absolute Gasteiger partial charge is 0.480 e. The molecule has 1 rings (SSSR count). The number of urea groups is 1. The summed E-state index contributed by atoms with van der Waals surface area (Å²) in [7, 11) is 0. The number of carbonyl (C=O) groups excluding carboxylic acids is 2. The Morgan fingerprint density at radius 3 is 2.59 bits per heavy atom. The average Bonchev–Trinajstić information content (AvgIpc) is 2.24. The third kappa shape index (κ3) is 3.61. The monoisotopic (exact) mass is 243 g/mol. The lowest BCUT2D eigenvalue weighted by atomic mass is 10.1. The number of carboxylic acids is 1. The molecule has 7 heteroatoms. The molecule has 0 aromatic carbocycles. The lowest BCUT2D eigenvalue weighted by Crippen LogP contribution is -2.56.